The molecule has 1 unspecified atom stereocenters. The van der Waals surface area contributed by atoms with Crippen LogP contribution in [-0.2, 0) is 6.42 Å². The molecule has 1 atom stereocenters. The van der Waals surface area contributed by atoms with Gasteiger partial charge >= 0.3 is 0 Å². The molecule has 2 rings (SSSR count). The molecule has 21 heavy (non-hydrogen) atoms. The van der Waals surface area contributed by atoms with Gasteiger partial charge in [-0.25, -0.2) is 0 Å². The third kappa shape index (κ3) is 5.75. The number of nitrogens with one attached hydrogen (secondary N) is 1. The molecule has 1 aromatic carbocycles. The number of benzene rings is 1. The van der Waals surface area contributed by atoms with E-state index < -0.39 is 6.10 Å². The fourth-order valence-corrected chi connectivity index (χ4v) is 2.56. The van der Waals surface area contributed by atoms with Gasteiger partial charge in [-0.2, -0.15) is 11.3 Å². The summed E-state index contributed by atoms with van der Waals surface area (Å²) in [7, 11) is 1.63. The Labute approximate surface area is 129 Å². The van der Waals surface area contributed by atoms with E-state index in [9.17, 15) is 5.11 Å². The van der Waals surface area contributed by atoms with Gasteiger partial charge in [0.05, 0.1) is 7.11 Å². The van der Waals surface area contributed by atoms with Gasteiger partial charge in [0.2, 0.25) is 0 Å². The van der Waals surface area contributed by atoms with Crippen LogP contribution in [0.4, 0.5) is 0 Å². The molecule has 0 aliphatic carbocycles. The zero-order valence-electron chi connectivity index (χ0n) is 12.1. The van der Waals surface area contributed by atoms with Crippen molar-refractivity contribution in [1.29, 1.82) is 0 Å². The van der Waals surface area contributed by atoms with E-state index in [1.54, 1.807) is 18.4 Å². The van der Waals surface area contributed by atoms with Crippen molar-refractivity contribution in [3.8, 4) is 11.5 Å². The Balaban J connectivity index is 1.59. The van der Waals surface area contributed by atoms with Gasteiger partial charge in [-0.05, 0) is 59.6 Å². The van der Waals surface area contributed by atoms with E-state index >= 15 is 0 Å². The molecular formula is C16H21NO3S. The van der Waals surface area contributed by atoms with Gasteiger partial charge in [-0.3, -0.25) is 0 Å². The maximum absolute atomic E-state index is 9.86. The van der Waals surface area contributed by atoms with Gasteiger partial charge in [0, 0.05) is 6.54 Å². The molecular weight excluding hydrogens is 286 g/mol. The van der Waals surface area contributed by atoms with Gasteiger partial charge < -0.3 is 19.9 Å². The fraction of sp³-hybridized carbons (Fsp3) is 0.375. The number of hydrogen-bond acceptors (Lipinski definition) is 5. The highest BCUT2D eigenvalue weighted by Gasteiger charge is 2.05. The molecule has 0 amide bonds. The van der Waals surface area contributed by atoms with Crippen LogP contribution in [0, 0.1) is 0 Å². The molecule has 0 saturated carbocycles. The number of methoxy groups -OCH3 is 1. The summed E-state index contributed by atoms with van der Waals surface area (Å²) in [6, 6.07) is 9.45. The first-order valence-corrected chi connectivity index (χ1v) is 7.89. The summed E-state index contributed by atoms with van der Waals surface area (Å²) in [6.45, 7) is 1.66. The maximum Gasteiger partial charge on any atom is 0.119 e. The molecule has 0 spiro atoms. The lowest BCUT2D eigenvalue weighted by Gasteiger charge is -2.13. The van der Waals surface area contributed by atoms with E-state index in [-0.39, 0.29) is 6.61 Å². The van der Waals surface area contributed by atoms with Gasteiger partial charge in [0.1, 0.15) is 24.2 Å². The van der Waals surface area contributed by atoms with Crippen LogP contribution in [0.25, 0.3) is 0 Å². The highest BCUT2D eigenvalue weighted by molar-refractivity contribution is 7.07. The van der Waals surface area contributed by atoms with Gasteiger partial charge in [-0.15, -0.1) is 0 Å². The minimum absolute atomic E-state index is 0.276. The first kappa shape index (κ1) is 15.8. The van der Waals surface area contributed by atoms with Crippen LogP contribution < -0.4 is 14.8 Å². The van der Waals surface area contributed by atoms with Crippen LogP contribution in [0.5, 0.6) is 11.5 Å². The van der Waals surface area contributed by atoms with Crippen LogP contribution in [-0.4, -0.2) is 38.0 Å². The molecule has 4 nitrogen and oxygen atoms in total. The van der Waals surface area contributed by atoms with E-state index in [0.29, 0.717) is 6.54 Å². The van der Waals surface area contributed by atoms with Crippen LogP contribution in [0.15, 0.2) is 41.1 Å². The number of ether oxygens (including phenoxy) is 2. The molecule has 0 saturated heterocycles. The van der Waals surface area contributed by atoms with E-state index in [4.69, 9.17) is 9.47 Å². The van der Waals surface area contributed by atoms with Crippen molar-refractivity contribution in [2.45, 2.75) is 12.5 Å². The summed E-state index contributed by atoms with van der Waals surface area (Å²) >= 11 is 1.71. The molecule has 2 N–H and O–H groups in total. The maximum atomic E-state index is 9.86. The molecule has 114 valence electrons. The monoisotopic (exact) mass is 307 g/mol. The Morgan fingerprint density at radius 2 is 1.95 bits per heavy atom. The quantitative estimate of drug-likeness (QED) is 0.698. The predicted molar refractivity (Wildman–Crippen MR) is 85.4 cm³/mol. The van der Waals surface area contributed by atoms with Crippen LogP contribution in [0.2, 0.25) is 0 Å². The summed E-state index contributed by atoms with van der Waals surface area (Å²) in [5.41, 5.74) is 1.33. The number of hydrogen-bond donors (Lipinski definition) is 2. The zero-order valence-corrected chi connectivity index (χ0v) is 12.9. The Morgan fingerprint density at radius 1 is 1.19 bits per heavy atom. The minimum atomic E-state index is -0.519. The Hall–Kier alpha value is -1.56. The van der Waals surface area contributed by atoms with Crippen molar-refractivity contribution in [3.63, 3.8) is 0 Å². The lowest BCUT2D eigenvalue weighted by molar-refractivity contribution is 0.106. The summed E-state index contributed by atoms with van der Waals surface area (Å²) in [6.07, 6.45) is 0.463. The molecule has 0 fully saturated rings. The third-order valence-corrected chi connectivity index (χ3v) is 3.78. The largest absolute Gasteiger partial charge is 0.497 e. The number of aliphatic hydroxyl groups is 1. The van der Waals surface area contributed by atoms with Gasteiger partial charge in [0.25, 0.3) is 0 Å². The van der Waals surface area contributed by atoms with Gasteiger partial charge in [-0.1, -0.05) is 0 Å². The molecule has 1 heterocycles. The second-order valence-corrected chi connectivity index (χ2v) is 5.51. The first-order valence-electron chi connectivity index (χ1n) is 6.94. The SMILES string of the molecule is COc1ccc(OCC(O)CNCCc2ccsc2)cc1. The molecule has 0 radical (unpaired) electrons. The van der Waals surface area contributed by atoms with Crippen LogP contribution >= 0.6 is 11.3 Å². The fourth-order valence-electron chi connectivity index (χ4n) is 1.86. The molecule has 2 aromatic rings. The van der Waals surface area contributed by atoms with Crippen molar-refractivity contribution in [3.05, 3.63) is 46.7 Å². The van der Waals surface area contributed by atoms with Crippen molar-refractivity contribution in [1.82, 2.24) is 5.32 Å². The summed E-state index contributed by atoms with van der Waals surface area (Å²) in [4.78, 5) is 0. The molecule has 0 aliphatic rings. The Bertz CT molecular complexity index is 499. The summed E-state index contributed by atoms with van der Waals surface area (Å²) < 4.78 is 10.6. The van der Waals surface area contributed by atoms with E-state index in [0.717, 1.165) is 24.5 Å². The number of thiophene rings is 1. The Morgan fingerprint density at radius 3 is 2.62 bits per heavy atom. The van der Waals surface area contributed by atoms with E-state index in [2.05, 4.69) is 22.1 Å². The van der Waals surface area contributed by atoms with E-state index in [1.165, 1.54) is 5.56 Å². The third-order valence-electron chi connectivity index (χ3n) is 3.05. The highest BCUT2D eigenvalue weighted by atomic mass is 32.1. The smallest absolute Gasteiger partial charge is 0.119 e. The normalized spacial score (nSPS) is 12.1. The number of rotatable bonds is 9. The number of aliphatic hydroxyl groups excluding tert-OH is 1. The van der Waals surface area contributed by atoms with Crippen molar-refractivity contribution in [2.24, 2.45) is 0 Å². The molecule has 0 bridgehead atoms. The average Bonchev–Trinajstić information content (AvgIpc) is 3.03. The molecule has 5 heteroatoms. The van der Waals surface area contributed by atoms with Crippen LogP contribution in [0.1, 0.15) is 5.56 Å². The first-order chi connectivity index (χ1) is 10.3. The lowest BCUT2D eigenvalue weighted by Crippen LogP contribution is -2.32. The topological polar surface area (TPSA) is 50.7 Å². The van der Waals surface area contributed by atoms with Crippen molar-refractivity contribution < 1.29 is 14.6 Å². The second kappa shape index (κ2) is 8.67. The predicted octanol–water partition coefficient (Wildman–Crippen LogP) is 2.33. The molecule has 1 aromatic heterocycles. The van der Waals surface area contributed by atoms with Crippen LogP contribution in [0.3, 0.4) is 0 Å². The van der Waals surface area contributed by atoms with Crippen molar-refractivity contribution in [2.75, 3.05) is 26.8 Å². The summed E-state index contributed by atoms with van der Waals surface area (Å²) in [5.74, 6) is 1.52. The summed E-state index contributed by atoms with van der Waals surface area (Å²) in [5, 5.41) is 17.3. The minimum Gasteiger partial charge on any atom is -0.497 e. The van der Waals surface area contributed by atoms with Crippen molar-refractivity contribution >= 4 is 11.3 Å². The second-order valence-electron chi connectivity index (χ2n) is 4.73. The van der Waals surface area contributed by atoms with Gasteiger partial charge in [0.15, 0.2) is 0 Å². The lowest BCUT2D eigenvalue weighted by atomic mass is 10.2. The Kier molecular flexibility index (Phi) is 6.53. The average molecular weight is 307 g/mol. The zero-order chi connectivity index (χ0) is 14.9. The standard InChI is InChI=1S/C16H21NO3S/c1-19-15-2-4-16(5-3-15)20-11-14(18)10-17-8-6-13-7-9-21-12-13/h2-5,7,9,12,14,17-18H,6,8,10-11H2,1H3. The van der Waals surface area contributed by atoms with E-state index in [1.807, 2.05) is 24.3 Å². The highest BCUT2D eigenvalue weighted by Crippen LogP contribution is 2.16. The molecule has 0 aliphatic heterocycles.